The first-order valence-electron chi connectivity index (χ1n) is 8.40. The molecule has 5 unspecified atom stereocenters. The van der Waals surface area contributed by atoms with Crippen LogP contribution in [0.2, 0.25) is 0 Å². The first-order chi connectivity index (χ1) is 9.38. The van der Waals surface area contributed by atoms with Crippen molar-refractivity contribution >= 4 is 11.8 Å². The van der Waals surface area contributed by atoms with Gasteiger partial charge in [-0.05, 0) is 57.2 Å². The molecule has 2 saturated carbocycles. The van der Waals surface area contributed by atoms with E-state index in [9.17, 15) is 0 Å². The fourth-order valence-electron chi connectivity index (χ4n) is 4.60. The molecule has 3 heteroatoms. The Balaban J connectivity index is 1.56. The van der Waals surface area contributed by atoms with E-state index in [-0.39, 0.29) is 0 Å². The summed E-state index contributed by atoms with van der Waals surface area (Å²) in [4.78, 5) is 0. The molecule has 1 aliphatic heterocycles. The zero-order chi connectivity index (χ0) is 13.1. The number of nitrogens with one attached hydrogen (secondary N) is 2. The van der Waals surface area contributed by atoms with E-state index in [4.69, 9.17) is 0 Å². The van der Waals surface area contributed by atoms with Gasteiger partial charge in [-0.2, -0.15) is 11.8 Å². The Kier molecular flexibility index (Phi) is 5.10. The van der Waals surface area contributed by atoms with Crippen molar-refractivity contribution in [2.24, 2.45) is 5.92 Å². The van der Waals surface area contributed by atoms with Crippen molar-refractivity contribution in [3.05, 3.63) is 0 Å². The molecule has 3 rings (SSSR count). The highest BCUT2D eigenvalue weighted by Gasteiger charge is 2.37. The van der Waals surface area contributed by atoms with Crippen molar-refractivity contribution < 1.29 is 0 Å². The van der Waals surface area contributed by atoms with E-state index >= 15 is 0 Å². The molecule has 0 aromatic carbocycles. The SMILES string of the molecule is CSC1CCCC1NC1CCCC1C1CCCCN1. The van der Waals surface area contributed by atoms with E-state index < -0.39 is 0 Å². The maximum Gasteiger partial charge on any atom is 0.0198 e. The lowest BCUT2D eigenvalue weighted by atomic mass is 9.88. The average Bonchev–Trinajstić information content (AvgIpc) is 3.09. The molecule has 1 saturated heterocycles. The Labute approximate surface area is 122 Å². The topological polar surface area (TPSA) is 24.1 Å². The van der Waals surface area contributed by atoms with E-state index in [1.165, 1.54) is 64.3 Å². The standard InChI is InChI=1S/C16H30N2S/c1-19-16-10-5-9-15(16)18-14-8-4-6-12(14)13-7-2-3-11-17-13/h12-18H,2-11H2,1H3. The summed E-state index contributed by atoms with van der Waals surface area (Å²) in [7, 11) is 0. The molecule has 0 amide bonds. The average molecular weight is 282 g/mol. The fourth-order valence-corrected chi connectivity index (χ4v) is 5.54. The largest absolute Gasteiger partial charge is 0.314 e. The van der Waals surface area contributed by atoms with Crippen LogP contribution in [0.25, 0.3) is 0 Å². The molecule has 0 radical (unpaired) electrons. The van der Waals surface area contributed by atoms with Gasteiger partial charge in [0.25, 0.3) is 0 Å². The van der Waals surface area contributed by atoms with Gasteiger partial charge in [-0.25, -0.2) is 0 Å². The minimum atomic E-state index is 0.796. The maximum absolute atomic E-state index is 4.07. The molecule has 0 aromatic heterocycles. The Morgan fingerprint density at radius 1 is 0.895 bits per heavy atom. The number of rotatable bonds is 4. The fraction of sp³-hybridized carbons (Fsp3) is 1.00. The van der Waals surface area contributed by atoms with Crippen LogP contribution >= 0.6 is 11.8 Å². The summed E-state index contributed by atoms with van der Waals surface area (Å²) in [5, 5.41) is 8.74. The van der Waals surface area contributed by atoms with E-state index in [2.05, 4.69) is 28.7 Å². The van der Waals surface area contributed by atoms with Crippen LogP contribution in [0, 0.1) is 5.92 Å². The molecule has 3 aliphatic rings. The van der Waals surface area contributed by atoms with Crippen molar-refractivity contribution in [3.63, 3.8) is 0 Å². The Hall–Kier alpha value is 0.270. The lowest BCUT2D eigenvalue weighted by Crippen LogP contribution is -2.50. The van der Waals surface area contributed by atoms with Crippen LogP contribution in [0.4, 0.5) is 0 Å². The third-order valence-corrected chi connectivity index (χ3v) is 6.79. The van der Waals surface area contributed by atoms with Gasteiger partial charge in [-0.15, -0.1) is 0 Å². The van der Waals surface area contributed by atoms with Crippen LogP contribution in [-0.4, -0.2) is 36.2 Å². The van der Waals surface area contributed by atoms with E-state index in [1.54, 1.807) is 0 Å². The summed E-state index contributed by atoms with van der Waals surface area (Å²) in [6.45, 7) is 1.25. The van der Waals surface area contributed by atoms with E-state index in [1.807, 2.05) is 0 Å². The summed E-state index contributed by atoms with van der Waals surface area (Å²) in [6.07, 6.45) is 15.1. The first-order valence-corrected chi connectivity index (χ1v) is 9.69. The van der Waals surface area contributed by atoms with Crippen LogP contribution in [0.1, 0.15) is 57.8 Å². The van der Waals surface area contributed by atoms with Crippen LogP contribution in [0.3, 0.4) is 0 Å². The van der Waals surface area contributed by atoms with Crippen molar-refractivity contribution in [2.75, 3.05) is 12.8 Å². The number of hydrogen-bond acceptors (Lipinski definition) is 3. The summed E-state index contributed by atoms with van der Waals surface area (Å²) >= 11 is 2.08. The maximum atomic E-state index is 4.07. The van der Waals surface area contributed by atoms with Gasteiger partial charge in [-0.3, -0.25) is 0 Å². The van der Waals surface area contributed by atoms with Crippen molar-refractivity contribution in [1.82, 2.24) is 10.6 Å². The number of hydrogen-bond donors (Lipinski definition) is 2. The Morgan fingerprint density at radius 2 is 1.74 bits per heavy atom. The quantitative estimate of drug-likeness (QED) is 0.828. The molecular formula is C16H30N2S. The van der Waals surface area contributed by atoms with Gasteiger partial charge in [0, 0.05) is 23.4 Å². The molecule has 2 aliphatic carbocycles. The van der Waals surface area contributed by atoms with Crippen molar-refractivity contribution in [3.8, 4) is 0 Å². The Morgan fingerprint density at radius 3 is 2.53 bits per heavy atom. The molecular weight excluding hydrogens is 252 g/mol. The highest BCUT2D eigenvalue weighted by molar-refractivity contribution is 7.99. The highest BCUT2D eigenvalue weighted by atomic mass is 32.2. The molecule has 3 fully saturated rings. The van der Waals surface area contributed by atoms with Gasteiger partial charge in [0.1, 0.15) is 0 Å². The smallest absolute Gasteiger partial charge is 0.0198 e. The van der Waals surface area contributed by atoms with Gasteiger partial charge in [0.2, 0.25) is 0 Å². The van der Waals surface area contributed by atoms with E-state index in [0.717, 1.165) is 29.3 Å². The van der Waals surface area contributed by atoms with Gasteiger partial charge in [0.05, 0.1) is 0 Å². The predicted octanol–water partition coefficient (Wildman–Crippen LogP) is 3.17. The summed E-state index contributed by atoms with van der Waals surface area (Å²) in [6, 6.07) is 2.40. The predicted molar refractivity (Wildman–Crippen MR) is 84.8 cm³/mol. The second-order valence-corrected chi connectivity index (χ2v) is 7.81. The van der Waals surface area contributed by atoms with Crippen LogP contribution < -0.4 is 10.6 Å². The molecule has 110 valence electrons. The third kappa shape index (κ3) is 3.30. The summed E-state index contributed by atoms with van der Waals surface area (Å²) in [5.74, 6) is 0.906. The molecule has 2 nitrogen and oxygen atoms in total. The number of piperidine rings is 1. The van der Waals surface area contributed by atoms with Crippen LogP contribution in [-0.2, 0) is 0 Å². The first kappa shape index (κ1) is 14.2. The summed E-state index contributed by atoms with van der Waals surface area (Å²) in [5.41, 5.74) is 0. The Bertz CT molecular complexity index is 278. The van der Waals surface area contributed by atoms with Crippen molar-refractivity contribution in [2.45, 2.75) is 81.2 Å². The third-order valence-electron chi connectivity index (χ3n) is 5.62. The second kappa shape index (κ2) is 6.82. The minimum absolute atomic E-state index is 0.796. The van der Waals surface area contributed by atoms with Crippen LogP contribution in [0.5, 0.6) is 0 Å². The molecule has 0 aromatic rings. The molecule has 5 atom stereocenters. The molecule has 0 bridgehead atoms. The van der Waals surface area contributed by atoms with Gasteiger partial charge >= 0.3 is 0 Å². The van der Waals surface area contributed by atoms with Gasteiger partial charge in [-0.1, -0.05) is 19.3 Å². The molecule has 2 N–H and O–H groups in total. The lowest BCUT2D eigenvalue weighted by molar-refractivity contribution is 0.247. The van der Waals surface area contributed by atoms with Crippen molar-refractivity contribution in [1.29, 1.82) is 0 Å². The normalized spacial score (nSPS) is 43.7. The summed E-state index contributed by atoms with van der Waals surface area (Å²) < 4.78 is 0. The minimum Gasteiger partial charge on any atom is -0.314 e. The zero-order valence-electron chi connectivity index (χ0n) is 12.4. The second-order valence-electron chi connectivity index (χ2n) is 6.74. The van der Waals surface area contributed by atoms with Crippen LogP contribution in [0.15, 0.2) is 0 Å². The zero-order valence-corrected chi connectivity index (χ0v) is 13.2. The van der Waals surface area contributed by atoms with Gasteiger partial charge < -0.3 is 10.6 Å². The lowest BCUT2D eigenvalue weighted by Gasteiger charge is -2.35. The van der Waals surface area contributed by atoms with E-state index in [0.29, 0.717) is 0 Å². The molecule has 1 heterocycles. The molecule has 19 heavy (non-hydrogen) atoms. The molecule has 0 spiro atoms. The number of thioether (sulfide) groups is 1. The highest BCUT2D eigenvalue weighted by Crippen LogP contribution is 2.35. The van der Waals surface area contributed by atoms with Gasteiger partial charge in [0.15, 0.2) is 0 Å². The monoisotopic (exact) mass is 282 g/mol.